The summed E-state index contributed by atoms with van der Waals surface area (Å²) >= 11 is 1.60. The molecule has 3 nitrogen and oxygen atoms in total. The molecule has 1 aliphatic heterocycles. The first-order chi connectivity index (χ1) is 6.35. The number of methoxy groups -OCH3 is 1. The summed E-state index contributed by atoms with van der Waals surface area (Å²) in [4.78, 5) is 11.7. The standard InChI is InChI=1S/C9H8O3S/c1-11-7-3-9-8(12-5-13-9)2-6(7)4-10/h2-4H,5H2,1H3. The number of rotatable bonds is 2. The predicted octanol–water partition coefficient (Wildman–Crippen LogP) is 1.95. The van der Waals surface area contributed by atoms with Crippen LogP contribution in [-0.2, 0) is 0 Å². The summed E-state index contributed by atoms with van der Waals surface area (Å²) in [5, 5.41) is 0. The van der Waals surface area contributed by atoms with E-state index in [4.69, 9.17) is 9.47 Å². The summed E-state index contributed by atoms with van der Waals surface area (Å²) in [7, 11) is 1.55. The number of aldehydes is 1. The van der Waals surface area contributed by atoms with Crippen molar-refractivity contribution < 1.29 is 14.3 Å². The molecule has 0 aliphatic carbocycles. The molecule has 1 aromatic carbocycles. The minimum absolute atomic E-state index is 0.531. The molecular weight excluding hydrogens is 188 g/mol. The maximum Gasteiger partial charge on any atom is 0.153 e. The van der Waals surface area contributed by atoms with Gasteiger partial charge in [0.1, 0.15) is 17.4 Å². The van der Waals surface area contributed by atoms with Gasteiger partial charge in [0.2, 0.25) is 0 Å². The molecule has 0 spiro atoms. The van der Waals surface area contributed by atoms with Gasteiger partial charge in [0.25, 0.3) is 0 Å². The molecule has 0 saturated carbocycles. The summed E-state index contributed by atoms with van der Waals surface area (Å²) < 4.78 is 10.4. The third kappa shape index (κ3) is 1.37. The van der Waals surface area contributed by atoms with Crippen LogP contribution in [0, 0.1) is 0 Å². The Morgan fingerprint density at radius 2 is 2.46 bits per heavy atom. The molecule has 2 rings (SSSR count). The van der Waals surface area contributed by atoms with E-state index in [1.807, 2.05) is 6.07 Å². The van der Waals surface area contributed by atoms with E-state index in [0.29, 0.717) is 17.3 Å². The van der Waals surface area contributed by atoms with E-state index in [1.54, 1.807) is 24.9 Å². The van der Waals surface area contributed by atoms with Gasteiger partial charge in [-0.3, -0.25) is 4.79 Å². The molecule has 0 aromatic heterocycles. The van der Waals surface area contributed by atoms with Crippen LogP contribution in [-0.4, -0.2) is 19.3 Å². The fourth-order valence-electron chi connectivity index (χ4n) is 1.21. The van der Waals surface area contributed by atoms with Crippen molar-refractivity contribution in [1.29, 1.82) is 0 Å². The van der Waals surface area contributed by atoms with Gasteiger partial charge in [0.15, 0.2) is 6.29 Å². The highest BCUT2D eigenvalue weighted by atomic mass is 32.2. The van der Waals surface area contributed by atoms with Crippen LogP contribution in [0.5, 0.6) is 11.5 Å². The van der Waals surface area contributed by atoms with Crippen LogP contribution in [0.2, 0.25) is 0 Å². The number of carbonyl (C=O) groups is 1. The third-order valence-electron chi connectivity index (χ3n) is 1.85. The Morgan fingerprint density at radius 3 is 3.15 bits per heavy atom. The first-order valence-corrected chi connectivity index (χ1v) is 4.76. The van der Waals surface area contributed by atoms with E-state index >= 15 is 0 Å². The molecule has 68 valence electrons. The molecule has 1 aromatic rings. The average molecular weight is 196 g/mol. The highest BCUT2D eigenvalue weighted by Crippen LogP contribution is 2.39. The number of hydrogen-bond donors (Lipinski definition) is 0. The number of thioether (sulfide) groups is 1. The Morgan fingerprint density at radius 1 is 1.62 bits per heavy atom. The van der Waals surface area contributed by atoms with E-state index in [-0.39, 0.29) is 0 Å². The fourth-order valence-corrected chi connectivity index (χ4v) is 1.97. The Balaban J connectivity index is 2.53. The Labute approximate surface area is 80.0 Å². The minimum atomic E-state index is 0.531. The predicted molar refractivity (Wildman–Crippen MR) is 49.7 cm³/mol. The zero-order valence-corrected chi connectivity index (χ0v) is 7.89. The van der Waals surface area contributed by atoms with Crippen LogP contribution in [0.1, 0.15) is 10.4 Å². The number of fused-ring (bicyclic) bond motifs is 1. The van der Waals surface area contributed by atoms with Crippen molar-refractivity contribution in [3.05, 3.63) is 17.7 Å². The van der Waals surface area contributed by atoms with Crippen LogP contribution in [0.15, 0.2) is 17.0 Å². The first-order valence-electron chi connectivity index (χ1n) is 3.78. The van der Waals surface area contributed by atoms with Crippen molar-refractivity contribution in [3.63, 3.8) is 0 Å². The molecule has 0 atom stereocenters. The fraction of sp³-hybridized carbons (Fsp3) is 0.222. The molecule has 0 N–H and O–H groups in total. The van der Waals surface area contributed by atoms with Crippen LogP contribution < -0.4 is 9.47 Å². The number of carbonyl (C=O) groups excluding carboxylic acids is 1. The molecule has 0 radical (unpaired) electrons. The van der Waals surface area contributed by atoms with Gasteiger partial charge in [-0.25, -0.2) is 0 Å². The molecule has 4 heteroatoms. The minimum Gasteiger partial charge on any atom is -0.496 e. The largest absolute Gasteiger partial charge is 0.496 e. The van der Waals surface area contributed by atoms with E-state index in [9.17, 15) is 4.79 Å². The zero-order chi connectivity index (χ0) is 9.26. The van der Waals surface area contributed by atoms with Gasteiger partial charge in [-0.15, -0.1) is 0 Å². The Kier molecular flexibility index (Phi) is 2.14. The van der Waals surface area contributed by atoms with Crippen molar-refractivity contribution >= 4 is 18.0 Å². The van der Waals surface area contributed by atoms with Crippen LogP contribution in [0.25, 0.3) is 0 Å². The molecule has 1 heterocycles. The lowest BCUT2D eigenvalue weighted by Gasteiger charge is -2.04. The van der Waals surface area contributed by atoms with E-state index in [0.717, 1.165) is 16.9 Å². The van der Waals surface area contributed by atoms with Gasteiger partial charge in [-0.05, 0) is 12.1 Å². The van der Waals surface area contributed by atoms with Crippen molar-refractivity contribution in [2.75, 3.05) is 13.0 Å². The highest BCUT2D eigenvalue weighted by molar-refractivity contribution is 7.99. The Bertz CT molecular complexity index is 349. The monoisotopic (exact) mass is 196 g/mol. The van der Waals surface area contributed by atoms with Gasteiger partial charge in [0, 0.05) is 0 Å². The van der Waals surface area contributed by atoms with E-state index < -0.39 is 0 Å². The second-order valence-electron chi connectivity index (χ2n) is 2.57. The van der Waals surface area contributed by atoms with Crippen LogP contribution in [0.3, 0.4) is 0 Å². The van der Waals surface area contributed by atoms with Gasteiger partial charge in [-0.1, -0.05) is 11.8 Å². The molecule has 0 unspecified atom stereocenters. The lowest BCUT2D eigenvalue weighted by Crippen LogP contribution is -1.91. The second-order valence-corrected chi connectivity index (χ2v) is 3.53. The normalized spacial score (nSPS) is 13.3. The van der Waals surface area contributed by atoms with Crippen LogP contribution >= 0.6 is 11.8 Å². The molecule has 13 heavy (non-hydrogen) atoms. The summed E-state index contributed by atoms with van der Waals surface area (Å²) in [5.41, 5.74) is 0.531. The summed E-state index contributed by atoms with van der Waals surface area (Å²) in [6, 6.07) is 3.54. The number of hydrogen-bond acceptors (Lipinski definition) is 4. The van der Waals surface area contributed by atoms with Crippen molar-refractivity contribution in [1.82, 2.24) is 0 Å². The van der Waals surface area contributed by atoms with Crippen LogP contribution in [0.4, 0.5) is 0 Å². The highest BCUT2D eigenvalue weighted by Gasteiger charge is 2.16. The smallest absolute Gasteiger partial charge is 0.153 e. The molecule has 0 bridgehead atoms. The summed E-state index contributed by atoms with van der Waals surface area (Å²) in [6.45, 7) is 0. The van der Waals surface area contributed by atoms with E-state index in [1.165, 1.54) is 0 Å². The maximum atomic E-state index is 10.6. The van der Waals surface area contributed by atoms with Gasteiger partial charge < -0.3 is 9.47 Å². The van der Waals surface area contributed by atoms with Crippen molar-refractivity contribution in [3.8, 4) is 11.5 Å². The SMILES string of the molecule is COc1cc2c(cc1C=O)OCS2. The molecule has 0 saturated heterocycles. The molecular formula is C9H8O3S. The van der Waals surface area contributed by atoms with Crippen molar-refractivity contribution in [2.24, 2.45) is 0 Å². The second kappa shape index (κ2) is 3.30. The Hall–Kier alpha value is -1.16. The number of benzene rings is 1. The summed E-state index contributed by atoms with van der Waals surface area (Å²) in [6.07, 6.45) is 0.769. The summed E-state index contributed by atoms with van der Waals surface area (Å²) in [5.74, 6) is 1.99. The number of ether oxygens (including phenoxy) is 2. The van der Waals surface area contributed by atoms with Gasteiger partial charge in [-0.2, -0.15) is 0 Å². The zero-order valence-electron chi connectivity index (χ0n) is 7.07. The van der Waals surface area contributed by atoms with Gasteiger partial charge in [0.05, 0.1) is 17.6 Å². The van der Waals surface area contributed by atoms with Gasteiger partial charge >= 0.3 is 0 Å². The topological polar surface area (TPSA) is 35.5 Å². The third-order valence-corrected chi connectivity index (χ3v) is 2.72. The van der Waals surface area contributed by atoms with E-state index in [2.05, 4.69) is 0 Å². The quantitative estimate of drug-likeness (QED) is 0.677. The molecule has 0 amide bonds. The average Bonchev–Trinajstić information content (AvgIpc) is 2.62. The molecule has 0 fully saturated rings. The lowest BCUT2D eigenvalue weighted by molar-refractivity contribution is 0.112. The van der Waals surface area contributed by atoms with Crippen molar-refractivity contribution in [2.45, 2.75) is 4.90 Å². The lowest BCUT2D eigenvalue weighted by atomic mass is 10.2. The molecule has 1 aliphatic rings. The first kappa shape index (κ1) is 8.44. The maximum absolute atomic E-state index is 10.6.